The van der Waals surface area contributed by atoms with Crippen molar-refractivity contribution >= 4 is 6.03 Å². The molecule has 1 heterocycles. The maximum atomic E-state index is 12.1. The molecule has 0 radical (unpaired) electrons. The summed E-state index contributed by atoms with van der Waals surface area (Å²) in [6, 6.07) is 1.67. The van der Waals surface area contributed by atoms with E-state index in [2.05, 4.69) is 10.6 Å². The molecule has 1 aromatic heterocycles. The van der Waals surface area contributed by atoms with Crippen molar-refractivity contribution in [2.24, 2.45) is 0 Å². The van der Waals surface area contributed by atoms with Gasteiger partial charge in [0, 0.05) is 12.0 Å². The predicted molar refractivity (Wildman–Crippen MR) is 74.3 cm³/mol. The lowest BCUT2D eigenvalue weighted by atomic mass is 9.92. The Hall–Kier alpha value is -1.49. The second kappa shape index (κ2) is 5.87. The molecule has 1 fully saturated rings. The van der Waals surface area contributed by atoms with Gasteiger partial charge in [0.15, 0.2) is 0 Å². The maximum Gasteiger partial charge on any atom is 0.315 e. The zero-order valence-corrected chi connectivity index (χ0v) is 11.6. The third-order valence-electron chi connectivity index (χ3n) is 4.40. The standard InChI is InChI=1S/C15H22N2O3/c18-13-6-2-1-4-12(13)17-15(19)16-11-5-3-7-14-10(11)8-9-20-14/h8-9,11-13,18H,1-7H2,(H2,16,17,19). The Balaban J connectivity index is 1.57. The van der Waals surface area contributed by atoms with Gasteiger partial charge in [0.2, 0.25) is 0 Å². The summed E-state index contributed by atoms with van der Waals surface area (Å²) < 4.78 is 5.42. The molecule has 110 valence electrons. The SMILES string of the molecule is O=C(NC1CCCc2occc21)NC1CCCCC1O. The minimum absolute atomic E-state index is 0.0261. The van der Waals surface area contributed by atoms with Crippen molar-refractivity contribution in [3.63, 3.8) is 0 Å². The molecule has 2 aliphatic carbocycles. The third-order valence-corrected chi connectivity index (χ3v) is 4.40. The lowest BCUT2D eigenvalue weighted by Crippen LogP contribution is -2.49. The lowest BCUT2D eigenvalue weighted by Gasteiger charge is -2.30. The van der Waals surface area contributed by atoms with Crippen molar-refractivity contribution in [2.45, 2.75) is 63.1 Å². The first-order valence-corrected chi connectivity index (χ1v) is 7.55. The van der Waals surface area contributed by atoms with Gasteiger partial charge in [0.25, 0.3) is 0 Å². The van der Waals surface area contributed by atoms with Gasteiger partial charge in [-0.1, -0.05) is 12.8 Å². The minimum Gasteiger partial charge on any atom is -0.469 e. The van der Waals surface area contributed by atoms with E-state index in [1.165, 1.54) is 0 Å². The molecule has 0 aromatic carbocycles. The molecule has 0 saturated heterocycles. The number of aryl methyl sites for hydroxylation is 1. The molecular formula is C15H22N2O3. The Morgan fingerprint density at radius 1 is 1.20 bits per heavy atom. The molecule has 3 atom stereocenters. The summed E-state index contributed by atoms with van der Waals surface area (Å²) in [7, 11) is 0. The van der Waals surface area contributed by atoms with Crippen LogP contribution in [0, 0.1) is 0 Å². The quantitative estimate of drug-likeness (QED) is 0.777. The number of hydrogen-bond donors (Lipinski definition) is 3. The van der Waals surface area contributed by atoms with Crippen molar-refractivity contribution in [1.82, 2.24) is 10.6 Å². The van der Waals surface area contributed by atoms with Crippen molar-refractivity contribution in [2.75, 3.05) is 0 Å². The number of carbonyl (C=O) groups excluding carboxylic acids is 1. The topological polar surface area (TPSA) is 74.5 Å². The number of rotatable bonds is 2. The second-order valence-electron chi connectivity index (χ2n) is 5.82. The number of furan rings is 1. The van der Waals surface area contributed by atoms with E-state index >= 15 is 0 Å². The van der Waals surface area contributed by atoms with Crippen molar-refractivity contribution in [3.05, 3.63) is 23.7 Å². The fourth-order valence-electron chi connectivity index (χ4n) is 3.28. The molecule has 2 amide bonds. The molecule has 0 spiro atoms. The Kier molecular flexibility index (Phi) is 3.96. The summed E-state index contributed by atoms with van der Waals surface area (Å²) in [4.78, 5) is 12.1. The van der Waals surface area contributed by atoms with E-state index < -0.39 is 6.10 Å². The number of nitrogens with one attached hydrogen (secondary N) is 2. The zero-order valence-electron chi connectivity index (χ0n) is 11.6. The van der Waals surface area contributed by atoms with Gasteiger partial charge in [-0.3, -0.25) is 0 Å². The van der Waals surface area contributed by atoms with E-state index in [0.717, 1.165) is 56.3 Å². The van der Waals surface area contributed by atoms with Crippen LogP contribution in [0.2, 0.25) is 0 Å². The fourth-order valence-corrected chi connectivity index (χ4v) is 3.28. The van der Waals surface area contributed by atoms with E-state index in [0.29, 0.717) is 0 Å². The van der Waals surface area contributed by atoms with Crippen molar-refractivity contribution in [1.29, 1.82) is 0 Å². The molecule has 20 heavy (non-hydrogen) atoms. The number of amides is 2. The largest absolute Gasteiger partial charge is 0.469 e. The van der Waals surface area contributed by atoms with Crippen LogP contribution in [-0.2, 0) is 6.42 Å². The highest BCUT2D eigenvalue weighted by atomic mass is 16.3. The van der Waals surface area contributed by atoms with E-state index in [4.69, 9.17) is 4.42 Å². The highest BCUT2D eigenvalue weighted by Crippen LogP contribution is 2.30. The second-order valence-corrected chi connectivity index (χ2v) is 5.82. The summed E-state index contributed by atoms with van der Waals surface area (Å²) in [5.41, 5.74) is 1.09. The van der Waals surface area contributed by atoms with Gasteiger partial charge in [-0.2, -0.15) is 0 Å². The van der Waals surface area contributed by atoms with Crippen LogP contribution in [0.3, 0.4) is 0 Å². The van der Waals surface area contributed by atoms with Crippen LogP contribution >= 0.6 is 0 Å². The van der Waals surface area contributed by atoms with Gasteiger partial charge < -0.3 is 20.2 Å². The van der Waals surface area contributed by atoms with Crippen LogP contribution in [-0.4, -0.2) is 23.3 Å². The molecule has 5 heteroatoms. The molecular weight excluding hydrogens is 256 g/mol. The average molecular weight is 278 g/mol. The first-order valence-electron chi connectivity index (χ1n) is 7.55. The summed E-state index contributed by atoms with van der Waals surface area (Å²) in [6.45, 7) is 0. The lowest BCUT2D eigenvalue weighted by molar-refractivity contribution is 0.0939. The molecule has 2 aliphatic rings. The molecule has 1 aromatic rings. The first-order chi connectivity index (χ1) is 9.74. The number of aliphatic hydroxyl groups is 1. The fraction of sp³-hybridized carbons (Fsp3) is 0.667. The first kappa shape index (κ1) is 13.5. The smallest absolute Gasteiger partial charge is 0.315 e. The van der Waals surface area contributed by atoms with Gasteiger partial charge >= 0.3 is 6.03 Å². The van der Waals surface area contributed by atoms with E-state index in [1.807, 2.05) is 6.07 Å². The summed E-state index contributed by atoms with van der Waals surface area (Å²) in [5.74, 6) is 0.985. The van der Waals surface area contributed by atoms with Crippen molar-refractivity contribution < 1.29 is 14.3 Å². The highest BCUT2D eigenvalue weighted by Gasteiger charge is 2.27. The number of aliphatic hydroxyl groups excluding tert-OH is 1. The van der Waals surface area contributed by atoms with E-state index in [9.17, 15) is 9.90 Å². The van der Waals surface area contributed by atoms with Crippen molar-refractivity contribution in [3.8, 4) is 0 Å². The van der Waals surface area contributed by atoms with Crippen LogP contribution in [0.25, 0.3) is 0 Å². The molecule has 5 nitrogen and oxygen atoms in total. The van der Waals surface area contributed by atoms with Crippen LogP contribution in [0.15, 0.2) is 16.7 Å². The molecule has 3 unspecified atom stereocenters. The monoisotopic (exact) mass is 278 g/mol. The van der Waals surface area contributed by atoms with Crippen LogP contribution in [0.4, 0.5) is 4.79 Å². The predicted octanol–water partition coefficient (Wildman–Crippen LogP) is 2.26. The molecule has 3 rings (SSSR count). The van der Waals surface area contributed by atoms with E-state index in [-0.39, 0.29) is 18.1 Å². The van der Waals surface area contributed by atoms with Gasteiger partial charge in [0.05, 0.1) is 24.5 Å². The van der Waals surface area contributed by atoms with E-state index in [1.54, 1.807) is 6.26 Å². The van der Waals surface area contributed by atoms with Crippen LogP contribution < -0.4 is 10.6 Å². The third kappa shape index (κ3) is 2.82. The molecule has 1 saturated carbocycles. The van der Waals surface area contributed by atoms with Gasteiger partial charge in [-0.05, 0) is 31.7 Å². The minimum atomic E-state index is -0.412. The molecule has 0 aliphatic heterocycles. The van der Waals surface area contributed by atoms with Gasteiger partial charge in [-0.25, -0.2) is 4.79 Å². The van der Waals surface area contributed by atoms with Crippen LogP contribution in [0.1, 0.15) is 55.9 Å². The number of hydrogen-bond acceptors (Lipinski definition) is 3. The highest BCUT2D eigenvalue weighted by molar-refractivity contribution is 5.75. The van der Waals surface area contributed by atoms with Gasteiger partial charge in [0.1, 0.15) is 5.76 Å². The van der Waals surface area contributed by atoms with Crippen LogP contribution in [0.5, 0.6) is 0 Å². The van der Waals surface area contributed by atoms with Gasteiger partial charge in [-0.15, -0.1) is 0 Å². The number of carbonyl (C=O) groups is 1. The number of urea groups is 1. The summed E-state index contributed by atoms with van der Waals surface area (Å²) >= 11 is 0. The normalized spacial score (nSPS) is 29.6. The summed E-state index contributed by atoms with van der Waals surface area (Å²) in [6.07, 6.45) is 7.93. The average Bonchev–Trinajstić information content (AvgIpc) is 2.91. The Labute approximate surface area is 118 Å². The molecule has 0 bridgehead atoms. The maximum absolute atomic E-state index is 12.1. The zero-order chi connectivity index (χ0) is 13.9. The Morgan fingerprint density at radius 2 is 2.05 bits per heavy atom. The Bertz CT molecular complexity index is 471. The molecule has 3 N–H and O–H groups in total. The number of fused-ring (bicyclic) bond motifs is 1. The Morgan fingerprint density at radius 3 is 2.90 bits per heavy atom. The summed E-state index contributed by atoms with van der Waals surface area (Å²) in [5, 5.41) is 15.8.